The molecule has 90 valence electrons. The molecule has 1 heterocycles. The summed E-state index contributed by atoms with van der Waals surface area (Å²) in [6.45, 7) is 5.60. The maximum absolute atomic E-state index is 11.2. The number of hydrogen-bond acceptors (Lipinski definition) is 3. The topological polar surface area (TPSA) is 35.5 Å². The second-order valence-electron chi connectivity index (χ2n) is 4.44. The average molecular weight is 232 g/mol. The minimum Gasteiger partial charge on any atom is -0.444 e. The normalized spacial score (nSPS) is 16.8. The van der Waals surface area contributed by atoms with Gasteiger partial charge in [0, 0.05) is 6.92 Å². The number of rotatable bonds is 3. The molecule has 0 amide bonds. The number of ketones is 1. The van der Waals surface area contributed by atoms with Crippen LogP contribution in [0.5, 0.6) is 11.5 Å². The van der Waals surface area contributed by atoms with Crippen LogP contribution < -0.4 is 9.47 Å². The van der Waals surface area contributed by atoms with Crippen molar-refractivity contribution in [1.29, 1.82) is 0 Å². The Kier molecular flexibility index (Phi) is 3.18. The van der Waals surface area contributed by atoms with E-state index < -0.39 is 6.29 Å². The van der Waals surface area contributed by atoms with Crippen LogP contribution in [0.2, 0.25) is 0 Å². The van der Waals surface area contributed by atoms with Gasteiger partial charge >= 0.3 is 6.29 Å². The van der Waals surface area contributed by atoms with E-state index in [4.69, 9.17) is 9.47 Å². The Morgan fingerprint density at radius 3 is 2.59 bits per heavy atom. The first-order chi connectivity index (χ1) is 8.06. The number of fused-ring (bicyclic) bond motifs is 1. The molecule has 1 aromatic carbocycles. The van der Waals surface area contributed by atoms with Crippen LogP contribution in [0.3, 0.4) is 0 Å². The zero-order chi connectivity index (χ0) is 12.4. The molecule has 17 heavy (non-hydrogen) atoms. The molecule has 0 fully saturated rings. The zero-order valence-electron chi connectivity index (χ0n) is 10.3. The van der Waals surface area contributed by atoms with E-state index in [1.165, 1.54) is 12.5 Å². The molecule has 0 saturated heterocycles. The molecule has 1 atom stereocenters. The lowest BCUT2D eigenvalue weighted by Gasteiger charge is -2.03. The lowest BCUT2D eigenvalue weighted by Crippen LogP contribution is -2.26. The van der Waals surface area contributed by atoms with Gasteiger partial charge in [0.2, 0.25) is 5.78 Å². The summed E-state index contributed by atoms with van der Waals surface area (Å²) in [6, 6.07) is 5.77. The van der Waals surface area contributed by atoms with Crippen molar-refractivity contribution in [1.82, 2.24) is 0 Å². The van der Waals surface area contributed by atoms with Gasteiger partial charge in [-0.2, -0.15) is 0 Å². The van der Waals surface area contributed by atoms with Crippen LogP contribution in [0.4, 0.5) is 0 Å². The predicted octanol–water partition coefficient (Wildman–Crippen LogP) is 2.88. The van der Waals surface area contributed by atoms with Gasteiger partial charge in [0.15, 0.2) is 11.5 Å². The largest absolute Gasteiger partial charge is 0.444 e. The number of hydrogen-bond donors (Lipinski definition) is 0. The molecule has 1 aliphatic rings. The first-order valence-electron chi connectivity index (χ1n) is 5.66. The van der Waals surface area contributed by atoms with E-state index in [1.807, 2.05) is 18.2 Å². The van der Waals surface area contributed by atoms with Gasteiger partial charge in [-0.3, -0.25) is 4.79 Å². The van der Waals surface area contributed by atoms with Crippen molar-refractivity contribution < 1.29 is 14.3 Å². The predicted molar refractivity (Wildman–Crippen MR) is 65.3 cm³/mol. The third kappa shape index (κ3) is 2.67. The lowest BCUT2D eigenvalue weighted by molar-refractivity contribution is -0.132. The molecule has 0 N–H and O–H groups in total. The Hall–Kier alpha value is -1.77. The molecule has 2 rings (SSSR count). The highest BCUT2D eigenvalue weighted by Crippen LogP contribution is 2.35. The number of carbonyl (C=O) groups is 1. The number of Topliss-reactive ketones (excluding diaryl/α,β-unsaturated/α-hetero) is 1. The van der Waals surface area contributed by atoms with Gasteiger partial charge in [-0.1, -0.05) is 17.7 Å². The molecule has 1 aliphatic heterocycles. The van der Waals surface area contributed by atoms with Crippen molar-refractivity contribution in [2.24, 2.45) is 0 Å². The average Bonchev–Trinajstić information content (AvgIpc) is 2.69. The Morgan fingerprint density at radius 1 is 1.24 bits per heavy atom. The van der Waals surface area contributed by atoms with Gasteiger partial charge < -0.3 is 9.47 Å². The van der Waals surface area contributed by atoms with Crippen molar-refractivity contribution in [2.75, 3.05) is 0 Å². The minimum atomic E-state index is -0.774. The Labute approximate surface area is 101 Å². The summed E-state index contributed by atoms with van der Waals surface area (Å²) >= 11 is 0. The molecule has 0 aliphatic carbocycles. The smallest absolute Gasteiger partial charge is 0.300 e. The number of carbonyl (C=O) groups excluding carboxylic acids is 1. The maximum atomic E-state index is 11.2. The monoisotopic (exact) mass is 232 g/mol. The van der Waals surface area contributed by atoms with Crippen LogP contribution >= 0.6 is 0 Å². The van der Waals surface area contributed by atoms with E-state index in [0.29, 0.717) is 11.5 Å². The number of benzene rings is 1. The summed E-state index contributed by atoms with van der Waals surface area (Å²) in [5.74, 6) is 1.18. The van der Waals surface area contributed by atoms with Crippen LogP contribution in [0.25, 0.3) is 0 Å². The van der Waals surface area contributed by atoms with E-state index >= 15 is 0 Å². The van der Waals surface area contributed by atoms with Gasteiger partial charge in [-0.05, 0) is 38.0 Å². The highest BCUT2D eigenvalue weighted by molar-refractivity contribution is 5.80. The van der Waals surface area contributed by atoms with Crippen molar-refractivity contribution in [3.8, 4) is 11.5 Å². The molecular weight excluding hydrogens is 216 g/mol. The van der Waals surface area contributed by atoms with Crippen LogP contribution in [0.1, 0.15) is 26.3 Å². The fraction of sp³-hybridized carbons (Fsp3) is 0.357. The summed E-state index contributed by atoms with van der Waals surface area (Å²) in [7, 11) is 0. The van der Waals surface area contributed by atoms with E-state index in [2.05, 4.69) is 19.9 Å². The quantitative estimate of drug-likeness (QED) is 0.752. The molecule has 0 aromatic heterocycles. The van der Waals surface area contributed by atoms with Crippen molar-refractivity contribution >= 4 is 5.78 Å². The SMILES string of the molecule is CC(=O)C1Oc2ccc(CC=C(C)C)cc2O1. The Bertz CT molecular complexity index is 470. The summed E-state index contributed by atoms with van der Waals surface area (Å²) in [4.78, 5) is 11.2. The van der Waals surface area contributed by atoms with E-state index in [0.717, 1.165) is 12.0 Å². The first-order valence-corrected chi connectivity index (χ1v) is 5.66. The summed E-state index contributed by atoms with van der Waals surface area (Å²) < 4.78 is 10.8. The van der Waals surface area contributed by atoms with E-state index in [9.17, 15) is 4.79 Å². The molecule has 1 unspecified atom stereocenters. The lowest BCUT2D eigenvalue weighted by atomic mass is 10.1. The molecule has 3 nitrogen and oxygen atoms in total. The Balaban J connectivity index is 2.15. The zero-order valence-corrected chi connectivity index (χ0v) is 10.3. The molecular formula is C14H16O3. The molecule has 1 aromatic rings. The standard InChI is InChI=1S/C14H16O3/c1-9(2)4-5-11-6-7-12-13(8-11)17-14(16-12)10(3)15/h4,6-8,14H,5H2,1-3H3. The summed E-state index contributed by atoms with van der Waals surface area (Å²) in [5.41, 5.74) is 2.43. The third-order valence-corrected chi connectivity index (χ3v) is 2.55. The Morgan fingerprint density at radius 2 is 1.94 bits per heavy atom. The van der Waals surface area contributed by atoms with Gasteiger partial charge in [0.25, 0.3) is 0 Å². The summed E-state index contributed by atoms with van der Waals surface area (Å²) in [5, 5.41) is 0. The molecule has 0 saturated carbocycles. The van der Waals surface area contributed by atoms with Gasteiger partial charge in [0.1, 0.15) is 0 Å². The van der Waals surface area contributed by atoms with Gasteiger partial charge in [0.05, 0.1) is 0 Å². The molecule has 0 spiro atoms. The second-order valence-corrected chi connectivity index (χ2v) is 4.44. The highest BCUT2D eigenvalue weighted by atomic mass is 16.7. The minimum absolute atomic E-state index is 0.118. The fourth-order valence-electron chi connectivity index (χ4n) is 1.61. The first kappa shape index (κ1) is 11.7. The van der Waals surface area contributed by atoms with Crippen LogP contribution in [0, 0.1) is 0 Å². The second kappa shape index (κ2) is 4.62. The fourth-order valence-corrected chi connectivity index (χ4v) is 1.61. The third-order valence-electron chi connectivity index (χ3n) is 2.55. The van der Waals surface area contributed by atoms with Crippen molar-refractivity contribution in [3.05, 3.63) is 35.4 Å². The van der Waals surface area contributed by atoms with E-state index in [-0.39, 0.29) is 5.78 Å². The molecule has 0 radical (unpaired) electrons. The van der Waals surface area contributed by atoms with Crippen molar-refractivity contribution in [3.63, 3.8) is 0 Å². The maximum Gasteiger partial charge on any atom is 0.300 e. The van der Waals surface area contributed by atoms with Crippen LogP contribution in [-0.4, -0.2) is 12.1 Å². The number of allylic oxidation sites excluding steroid dienone is 2. The van der Waals surface area contributed by atoms with Gasteiger partial charge in [-0.15, -0.1) is 0 Å². The van der Waals surface area contributed by atoms with E-state index in [1.54, 1.807) is 0 Å². The van der Waals surface area contributed by atoms with Crippen molar-refractivity contribution in [2.45, 2.75) is 33.5 Å². The summed E-state index contributed by atoms with van der Waals surface area (Å²) in [6.07, 6.45) is 2.24. The van der Waals surface area contributed by atoms with Crippen LogP contribution in [0.15, 0.2) is 29.8 Å². The number of ether oxygens (including phenoxy) is 2. The molecule has 3 heteroatoms. The van der Waals surface area contributed by atoms with Gasteiger partial charge in [-0.25, -0.2) is 0 Å². The highest BCUT2D eigenvalue weighted by Gasteiger charge is 2.27. The van der Waals surface area contributed by atoms with Crippen LogP contribution in [-0.2, 0) is 11.2 Å². The molecule has 0 bridgehead atoms.